The highest BCUT2D eigenvalue weighted by Crippen LogP contribution is 2.50. The van der Waals surface area contributed by atoms with E-state index in [1.165, 1.54) is 0 Å². The minimum absolute atomic E-state index is 0.0366. The average molecular weight is 401 g/mol. The maximum absolute atomic E-state index is 12.5. The summed E-state index contributed by atoms with van der Waals surface area (Å²) in [5, 5.41) is 6.73. The molecule has 1 aliphatic heterocycles. The zero-order valence-corrected chi connectivity index (χ0v) is 16.7. The van der Waals surface area contributed by atoms with Gasteiger partial charge in [0.15, 0.2) is 5.82 Å². The second-order valence-corrected chi connectivity index (χ2v) is 9.31. The van der Waals surface area contributed by atoms with Gasteiger partial charge in [0.2, 0.25) is 15.9 Å². The molecule has 1 aromatic rings. The molecule has 1 aromatic heterocycles. The lowest BCUT2D eigenvalue weighted by atomic mass is 9.80. The van der Waals surface area contributed by atoms with Gasteiger partial charge in [0.05, 0.1) is 17.8 Å². The molecule has 0 bridgehead atoms. The molecule has 2 fully saturated rings. The summed E-state index contributed by atoms with van der Waals surface area (Å²) in [6.07, 6.45) is 1.16. The monoisotopic (exact) mass is 401 g/mol. The quantitative estimate of drug-likeness (QED) is 0.616. The van der Waals surface area contributed by atoms with Crippen LogP contribution in [0, 0.1) is 12.8 Å². The van der Waals surface area contributed by atoms with Crippen LogP contribution in [0.5, 0.6) is 0 Å². The number of aromatic nitrogens is 2. The lowest BCUT2D eigenvalue weighted by Crippen LogP contribution is -2.43. The van der Waals surface area contributed by atoms with E-state index >= 15 is 0 Å². The molecule has 10 nitrogen and oxygen atoms in total. The van der Waals surface area contributed by atoms with Gasteiger partial charge < -0.3 is 19.5 Å². The third-order valence-electron chi connectivity index (χ3n) is 5.42. The van der Waals surface area contributed by atoms with Gasteiger partial charge in [-0.05, 0) is 32.6 Å². The number of rotatable bonds is 7. The van der Waals surface area contributed by atoms with E-state index in [2.05, 4.69) is 20.2 Å². The van der Waals surface area contributed by atoms with Crippen molar-refractivity contribution in [2.45, 2.75) is 38.1 Å². The molecule has 0 spiro atoms. The van der Waals surface area contributed by atoms with Gasteiger partial charge in [-0.15, -0.1) is 0 Å². The molecule has 3 atom stereocenters. The summed E-state index contributed by atoms with van der Waals surface area (Å²) in [5.41, 5.74) is -0.527. The molecule has 1 saturated heterocycles. The predicted molar refractivity (Wildman–Crippen MR) is 96.7 cm³/mol. The van der Waals surface area contributed by atoms with Gasteiger partial charge in [-0.3, -0.25) is 0 Å². The summed E-state index contributed by atoms with van der Waals surface area (Å²) in [5.74, 6) is 1.10. The highest BCUT2D eigenvalue weighted by Gasteiger charge is 2.58. The van der Waals surface area contributed by atoms with Crippen LogP contribution in [0.3, 0.4) is 0 Å². The third kappa shape index (κ3) is 4.09. The van der Waals surface area contributed by atoms with Crippen molar-refractivity contribution in [3.05, 3.63) is 11.7 Å². The maximum Gasteiger partial charge on any atom is 0.317 e. The number of carbonyl (C=O) groups excluding carboxylic acids is 1. The Balaban J connectivity index is 1.78. The van der Waals surface area contributed by atoms with Crippen molar-refractivity contribution < 1.29 is 22.5 Å². The molecular weight excluding hydrogens is 374 g/mol. The van der Waals surface area contributed by atoms with Crippen molar-refractivity contribution >= 4 is 16.1 Å². The molecule has 0 aromatic carbocycles. The highest BCUT2D eigenvalue weighted by atomic mass is 32.2. The molecule has 152 valence electrons. The Morgan fingerprint density at radius 1 is 1.48 bits per heavy atom. The van der Waals surface area contributed by atoms with E-state index in [9.17, 15) is 13.2 Å². The fourth-order valence-corrected chi connectivity index (χ4v) is 5.01. The van der Waals surface area contributed by atoms with Crippen molar-refractivity contribution in [2.75, 3.05) is 39.1 Å². The number of urea groups is 1. The van der Waals surface area contributed by atoms with Crippen molar-refractivity contribution in [1.29, 1.82) is 0 Å². The van der Waals surface area contributed by atoms with E-state index < -0.39 is 15.4 Å². The lowest BCUT2D eigenvalue weighted by Gasteiger charge is -2.25. The molecule has 2 N–H and O–H groups in total. The fourth-order valence-electron chi connectivity index (χ4n) is 4.16. The largest absolute Gasteiger partial charge is 0.383 e. The minimum atomic E-state index is -3.31. The Morgan fingerprint density at radius 3 is 2.89 bits per heavy atom. The molecule has 3 unspecified atom stereocenters. The highest BCUT2D eigenvalue weighted by molar-refractivity contribution is 7.89. The van der Waals surface area contributed by atoms with Crippen LogP contribution in [0.4, 0.5) is 4.79 Å². The number of hydrogen-bond donors (Lipinski definition) is 2. The molecule has 11 heteroatoms. The fraction of sp³-hybridized carbons (Fsp3) is 0.812. The lowest BCUT2D eigenvalue weighted by molar-refractivity contribution is 0.181. The minimum Gasteiger partial charge on any atom is -0.383 e. The molecule has 1 saturated carbocycles. The Bertz CT molecular complexity index is 782. The van der Waals surface area contributed by atoms with E-state index in [-0.39, 0.29) is 23.7 Å². The number of hydrogen-bond acceptors (Lipinski definition) is 7. The zero-order valence-electron chi connectivity index (χ0n) is 15.9. The number of aryl methyl sites for hydroxylation is 1. The van der Waals surface area contributed by atoms with Crippen LogP contribution in [0.25, 0.3) is 0 Å². The van der Waals surface area contributed by atoms with Gasteiger partial charge in [0, 0.05) is 32.8 Å². The van der Waals surface area contributed by atoms with Crippen LogP contribution in [0.2, 0.25) is 0 Å². The molecular formula is C16H27N5O5S. The maximum atomic E-state index is 12.5. The summed E-state index contributed by atoms with van der Waals surface area (Å²) in [4.78, 5) is 18.6. The summed E-state index contributed by atoms with van der Waals surface area (Å²) in [6, 6.07) is -0.367. The summed E-state index contributed by atoms with van der Waals surface area (Å²) in [7, 11) is -1.73. The number of methoxy groups -OCH3 is 1. The molecule has 2 aliphatic rings. The average Bonchev–Trinajstić information content (AvgIpc) is 3.27. The van der Waals surface area contributed by atoms with E-state index in [4.69, 9.17) is 9.26 Å². The Labute approximate surface area is 159 Å². The van der Waals surface area contributed by atoms with Gasteiger partial charge in [-0.1, -0.05) is 5.16 Å². The normalized spacial score (nSPS) is 27.7. The zero-order chi connectivity index (χ0) is 19.7. The number of carbonyl (C=O) groups is 1. The number of ether oxygens (including phenoxy) is 1. The van der Waals surface area contributed by atoms with Crippen molar-refractivity contribution in [1.82, 2.24) is 25.1 Å². The molecule has 27 heavy (non-hydrogen) atoms. The summed E-state index contributed by atoms with van der Waals surface area (Å²) < 4.78 is 37.2. The van der Waals surface area contributed by atoms with E-state index in [1.54, 1.807) is 25.9 Å². The number of amides is 2. The van der Waals surface area contributed by atoms with E-state index in [0.29, 0.717) is 50.8 Å². The smallest absolute Gasteiger partial charge is 0.317 e. The van der Waals surface area contributed by atoms with Crippen molar-refractivity contribution in [3.8, 4) is 0 Å². The number of fused-ring (bicyclic) bond motifs is 1. The first-order valence-electron chi connectivity index (χ1n) is 9.12. The van der Waals surface area contributed by atoms with E-state index in [1.807, 2.05) is 0 Å². The molecule has 2 heterocycles. The summed E-state index contributed by atoms with van der Waals surface area (Å²) >= 11 is 0. The topological polar surface area (TPSA) is 127 Å². The Kier molecular flexibility index (Phi) is 5.73. The van der Waals surface area contributed by atoms with Crippen LogP contribution in [0.1, 0.15) is 31.5 Å². The third-order valence-corrected chi connectivity index (χ3v) is 6.88. The van der Waals surface area contributed by atoms with E-state index in [0.717, 1.165) is 0 Å². The molecule has 3 rings (SSSR count). The van der Waals surface area contributed by atoms with Gasteiger partial charge in [-0.2, -0.15) is 4.98 Å². The second kappa shape index (κ2) is 7.72. The van der Waals surface area contributed by atoms with Crippen LogP contribution >= 0.6 is 0 Å². The Hall–Kier alpha value is -1.72. The summed E-state index contributed by atoms with van der Waals surface area (Å²) in [6.45, 7) is 5.17. The first-order chi connectivity index (χ1) is 12.8. The van der Waals surface area contributed by atoms with Crippen molar-refractivity contribution in [3.63, 3.8) is 0 Å². The number of nitrogens with one attached hydrogen (secondary N) is 2. The van der Waals surface area contributed by atoms with Gasteiger partial charge in [0.1, 0.15) is 0 Å². The molecule has 2 amide bonds. The van der Waals surface area contributed by atoms with Crippen LogP contribution in [0.15, 0.2) is 4.52 Å². The molecule has 0 radical (unpaired) electrons. The van der Waals surface area contributed by atoms with Gasteiger partial charge in [-0.25, -0.2) is 17.9 Å². The first kappa shape index (κ1) is 20.0. The Morgan fingerprint density at radius 2 is 2.26 bits per heavy atom. The molecule has 1 aliphatic carbocycles. The second-order valence-electron chi connectivity index (χ2n) is 7.26. The SMILES string of the molecule is CCS(=O)(=O)NC1CC2CN(C(=O)NCCOC)CC2(c2nc(C)no2)C1. The van der Waals surface area contributed by atoms with Crippen molar-refractivity contribution in [2.24, 2.45) is 5.92 Å². The van der Waals surface area contributed by atoms with Crippen LogP contribution < -0.4 is 10.0 Å². The predicted octanol–water partition coefficient (Wildman–Crippen LogP) is 0.00532. The first-order valence-corrected chi connectivity index (χ1v) is 10.8. The number of likely N-dealkylation sites (tertiary alicyclic amines) is 1. The van der Waals surface area contributed by atoms with Gasteiger partial charge >= 0.3 is 6.03 Å². The van der Waals surface area contributed by atoms with Gasteiger partial charge in [0.25, 0.3) is 0 Å². The van der Waals surface area contributed by atoms with Crippen LogP contribution in [-0.4, -0.2) is 74.6 Å². The number of nitrogens with zero attached hydrogens (tertiary/aromatic N) is 3. The number of sulfonamides is 1. The standard InChI is InChI=1S/C16H27N5O5S/c1-4-27(23,24)20-13-7-12-9-21(15(22)17-5-6-25-3)10-16(12,8-13)14-18-11(2)19-26-14/h12-13,20H,4-10H2,1-3H3,(H,17,22). The van der Waals surface area contributed by atoms with Crippen LogP contribution in [-0.2, 0) is 20.2 Å².